The maximum absolute atomic E-state index is 12.5. The Morgan fingerprint density at radius 2 is 1.87 bits per heavy atom. The summed E-state index contributed by atoms with van der Waals surface area (Å²) in [5, 5.41) is 10.9. The number of amides is 1. The van der Waals surface area contributed by atoms with Crippen LogP contribution in [0.2, 0.25) is 0 Å². The Hall–Kier alpha value is -3.74. The fourth-order valence-corrected chi connectivity index (χ4v) is 3.11. The van der Waals surface area contributed by atoms with Crippen LogP contribution in [0.25, 0.3) is 16.7 Å². The summed E-state index contributed by atoms with van der Waals surface area (Å²) in [7, 11) is 2.61. The number of carbonyl (C=O) groups excluding carboxylic acids is 1. The third-order valence-corrected chi connectivity index (χ3v) is 4.71. The van der Waals surface area contributed by atoms with Crippen LogP contribution < -0.4 is 14.8 Å². The molecule has 0 spiro atoms. The Morgan fingerprint density at radius 1 is 1.23 bits per heavy atom. The van der Waals surface area contributed by atoms with Crippen molar-refractivity contribution in [2.45, 2.75) is 19.0 Å². The molecule has 0 radical (unpaired) electrons. The number of methoxy groups -OCH3 is 2. The van der Waals surface area contributed by atoms with E-state index in [1.165, 1.54) is 26.4 Å². The number of nitriles is 1. The molecule has 1 N–H and O–H groups in total. The number of nitrogens with zero attached hydrogens (tertiary/aromatic N) is 3. The van der Waals surface area contributed by atoms with Crippen LogP contribution in [0, 0.1) is 11.3 Å². The Bertz CT molecular complexity index is 1140. The molecule has 1 heterocycles. The number of hydrogen-bond acceptors (Lipinski definition) is 5. The molecule has 0 aliphatic heterocycles. The number of imidazole rings is 1. The third-order valence-electron chi connectivity index (χ3n) is 4.71. The second-order valence-electron chi connectivity index (χ2n) is 6.74. The molecule has 1 aromatic heterocycles. The van der Waals surface area contributed by atoms with Crippen LogP contribution in [-0.4, -0.2) is 42.4 Å². The van der Waals surface area contributed by atoms with Crippen molar-refractivity contribution in [2.75, 3.05) is 20.8 Å². The Labute approximate surface area is 176 Å². The fourth-order valence-electron chi connectivity index (χ4n) is 3.11. The van der Waals surface area contributed by atoms with Crippen LogP contribution >= 0.6 is 0 Å². The largest absolute Gasteiger partial charge is 0.496 e. The van der Waals surface area contributed by atoms with Gasteiger partial charge in [0.1, 0.15) is 29.9 Å². The molecule has 0 fully saturated rings. The maximum Gasteiger partial charge on any atom is 0.405 e. The number of aromatic nitrogens is 2. The van der Waals surface area contributed by atoms with E-state index in [-0.39, 0.29) is 23.0 Å². The third kappa shape index (κ3) is 4.55. The van der Waals surface area contributed by atoms with Crippen molar-refractivity contribution in [1.29, 1.82) is 5.26 Å². The molecular formula is C21H19F3N4O3. The number of fused-ring (bicyclic) bond motifs is 1. The van der Waals surface area contributed by atoms with Crippen molar-refractivity contribution in [1.82, 2.24) is 14.9 Å². The lowest BCUT2D eigenvalue weighted by Crippen LogP contribution is -2.34. The zero-order valence-corrected chi connectivity index (χ0v) is 16.9. The normalized spacial score (nSPS) is 12.3. The van der Waals surface area contributed by atoms with Gasteiger partial charge in [-0.25, -0.2) is 4.98 Å². The van der Waals surface area contributed by atoms with Gasteiger partial charge in [-0.1, -0.05) is 6.07 Å². The van der Waals surface area contributed by atoms with Gasteiger partial charge in [-0.15, -0.1) is 0 Å². The zero-order valence-electron chi connectivity index (χ0n) is 16.9. The summed E-state index contributed by atoms with van der Waals surface area (Å²) in [6.07, 6.45) is -2.99. The minimum Gasteiger partial charge on any atom is -0.496 e. The summed E-state index contributed by atoms with van der Waals surface area (Å²) < 4.78 is 49.7. The number of rotatable bonds is 6. The van der Waals surface area contributed by atoms with E-state index in [0.717, 1.165) is 11.1 Å². The number of halogens is 3. The first-order valence-corrected chi connectivity index (χ1v) is 9.16. The minimum atomic E-state index is -4.55. The van der Waals surface area contributed by atoms with Crippen LogP contribution in [0.1, 0.15) is 28.8 Å². The SMILES string of the molecule is COc1cc(-n2cnc3cc(C(C)C#N)ccc32)cc(OC)c1C(=O)NCC(F)(F)F. The van der Waals surface area contributed by atoms with E-state index in [0.29, 0.717) is 11.2 Å². The van der Waals surface area contributed by atoms with Crippen LogP contribution in [0.5, 0.6) is 11.5 Å². The first-order valence-electron chi connectivity index (χ1n) is 9.16. The molecule has 10 heteroatoms. The van der Waals surface area contributed by atoms with Crippen LogP contribution in [0.4, 0.5) is 13.2 Å². The van der Waals surface area contributed by atoms with E-state index in [9.17, 15) is 18.0 Å². The summed E-state index contributed by atoms with van der Waals surface area (Å²) in [6.45, 7) is 0.311. The molecule has 3 aromatic rings. The number of hydrogen-bond donors (Lipinski definition) is 1. The summed E-state index contributed by atoms with van der Waals surface area (Å²) >= 11 is 0. The monoisotopic (exact) mass is 432 g/mol. The van der Waals surface area contributed by atoms with Gasteiger partial charge < -0.3 is 14.8 Å². The van der Waals surface area contributed by atoms with Crippen LogP contribution in [0.15, 0.2) is 36.7 Å². The summed E-state index contributed by atoms with van der Waals surface area (Å²) in [5.41, 5.74) is 2.60. The molecule has 0 aliphatic rings. The van der Waals surface area contributed by atoms with Gasteiger partial charge in [-0.3, -0.25) is 9.36 Å². The highest BCUT2D eigenvalue weighted by molar-refractivity contribution is 6.00. The second-order valence-corrected chi connectivity index (χ2v) is 6.74. The molecule has 31 heavy (non-hydrogen) atoms. The number of carbonyl (C=O) groups is 1. The molecule has 1 unspecified atom stereocenters. The molecule has 7 nitrogen and oxygen atoms in total. The van der Waals surface area contributed by atoms with Gasteiger partial charge >= 0.3 is 6.18 Å². The van der Waals surface area contributed by atoms with Gasteiger partial charge in [0, 0.05) is 12.1 Å². The first-order chi connectivity index (χ1) is 14.7. The molecule has 1 amide bonds. The summed E-state index contributed by atoms with van der Waals surface area (Å²) in [4.78, 5) is 16.7. The number of alkyl halides is 3. The maximum atomic E-state index is 12.5. The highest BCUT2D eigenvalue weighted by Crippen LogP contribution is 2.34. The lowest BCUT2D eigenvalue weighted by Gasteiger charge is -2.16. The molecule has 0 bridgehead atoms. The predicted octanol–water partition coefficient (Wildman–Crippen LogP) is 3.96. The van der Waals surface area contributed by atoms with Crippen molar-refractivity contribution < 1.29 is 27.4 Å². The van der Waals surface area contributed by atoms with E-state index in [1.54, 1.807) is 17.8 Å². The predicted molar refractivity (Wildman–Crippen MR) is 107 cm³/mol. The van der Waals surface area contributed by atoms with E-state index in [1.807, 2.05) is 23.5 Å². The van der Waals surface area contributed by atoms with Crippen molar-refractivity contribution in [3.8, 4) is 23.3 Å². The van der Waals surface area contributed by atoms with Crippen molar-refractivity contribution >= 4 is 16.9 Å². The van der Waals surface area contributed by atoms with Crippen LogP contribution in [0.3, 0.4) is 0 Å². The Balaban J connectivity index is 2.05. The average Bonchev–Trinajstić information content (AvgIpc) is 3.18. The standard InChI is InChI=1S/C21H19F3N4O3/c1-12(9-25)13-4-5-16-15(6-13)27-11-28(16)14-7-17(30-2)19(18(8-14)31-3)20(29)26-10-21(22,23)24/h4-8,11-12H,10H2,1-3H3,(H,26,29). The highest BCUT2D eigenvalue weighted by Gasteiger charge is 2.30. The van der Waals surface area contributed by atoms with Crippen molar-refractivity contribution in [2.24, 2.45) is 0 Å². The van der Waals surface area contributed by atoms with Gasteiger partial charge in [-0.05, 0) is 24.6 Å². The van der Waals surface area contributed by atoms with Gasteiger partial charge in [0.05, 0.1) is 42.9 Å². The average molecular weight is 432 g/mol. The number of ether oxygens (including phenoxy) is 2. The quantitative estimate of drug-likeness (QED) is 0.637. The molecule has 1 atom stereocenters. The first kappa shape index (κ1) is 22.0. The molecule has 0 saturated carbocycles. The minimum absolute atomic E-state index is 0.0468. The molecule has 3 rings (SSSR count). The topological polar surface area (TPSA) is 89.2 Å². The van der Waals surface area contributed by atoms with Crippen LogP contribution in [-0.2, 0) is 0 Å². The van der Waals surface area contributed by atoms with E-state index < -0.39 is 18.6 Å². The second kappa shape index (κ2) is 8.55. The Kier molecular flexibility index (Phi) is 6.06. The van der Waals surface area contributed by atoms with E-state index in [4.69, 9.17) is 14.7 Å². The Morgan fingerprint density at radius 3 is 2.42 bits per heavy atom. The zero-order chi connectivity index (χ0) is 22.8. The smallest absolute Gasteiger partial charge is 0.405 e. The van der Waals surface area contributed by atoms with Crippen molar-refractivity contribution in [3.05, 3.63) is 47.8 Å². The van der Waals surface area contributed by atoms with Gasteiger partial charge in [0.2, 0.25) is 0 Å². The lowest BCUT2D eigenvalue weighted by atomic mass is 10.0. The van der Waals surface area contributed by atoms with E-state index in [2.05, 4.69) is 11.1 Å². The lowest BCUT2D eigenvalue weighted by molar-refractivity contribution is -0.123. The number of nitrogens with one attached hydrogen (secondary N) is 1. The molecule has 0 aliphatic carbocycles. The van der Waals surface area contributed by atoms with Gasteiger partial charge in [-0.2, -0.15) is 18.4 Å². The molecule has 162 valence electrons. The van der Waals surface area contributed by atoms with E-state index >= 15 is 0 Å². The highest BCUT2D eigenvalue weighted by atomic mass is 19.4. The molecule has 0 saturated heterocycles. The molecule has 2 aromatic carbocycles. The number of benzene rings is 2. The van der Waals surface area contributed by atoms with Gasteiger partial charge in [0.15, 0.2) is 0 Å². The summed E-state index contributed by atoms with van der Waals surface area (Å²) in [5.74, 6) is -1.16. The van der Waals surface area contributed by atoms with Crippen molar-refractivity contribution in [3.63, 3.8) is 0 Å². The van der Waals surface area contributed by atoms with Gasteiger partial charge in [0.25, 0.3) is 5.91 Å². The fraction of sp³-hybridized carbons (Fsp3) is 0.286. The molecular weight excluding hydrogens is 413 g/mol. The summed E-state index contributed by atoms with van der Waals surface area (Å²) in [6, 6.07) is 10.6.